The van der Waals surface area contributed by atoms with Crippen LogP contribution in [0.1, 0.15) is 15.9 Å². The highest BCUT2D eigenvalue weighted by Gasteiger charge is 2.18. The van der Waals surface area contributed by atoms with Crippen molar-refractivity contribution >= 4 is 11.7 Å². The van der Waals surface area contributed by atoms with Crippen molar-refractivity contribution < 1.29 is 9.53 Å². The monoisotopic (exact) mass is 296 g/mol. The number of hydrogen-bond donors (Lipinski definition) is 1. The largest absolute Gasteiger partial charge is 0.457 e. The molecule has 0 amide bonds. The minimum atomic E-state index is -0.266. The van der Waals surface area contributed by atoms with Gasteiger partial charge in [0, 0.05) is 26.2 Å². The first kappa shape index (κ1) is 14.6. The molecule has 0 unspecified atom stereocenters. The minimum Gasteiger partial charge on any atom is -0.457 e. The van der Waals surface area contributed by atoms with Crippen LogP contribution in [0.2, 0.25) is 0 Å². The van der Waals surface area contributed by atoms with Crippen LogP contribution in [0.3, 0.4) is 0 Å². The Morgan fingerprint density at radius 3 is 2.45 bits per heavy atom. The van der Waals surface area contributed by atoms with Gasteiger partial charge in [0.05, 0.1) is 11.3 Å². The number of nitrogens with zero attached hydrogens (tertiary/aromatic N) is 1. The number of benzene rings is 2. The van der Waals surface area contributed by atoms with Crippen LogP contribution in [-0.2, 0) is 11.3 Å². The van der Waals surface area contributed by atoms with Gasteiger partial charge in [-0.1, -0.05) is 42.5 Å². The number of nitrogens with one attached hydrogen (secondary N) is 1. The Balaban J connectivity index is 1.72. The fourth-order valence-corrected chi connectivity index (χ4v) is 2.63. The lowest BCUT2D eigenvalue weighted by atomic mass is 10.1. The van der Waals surface area contributed by atoms with E-state index in [2.05, 4.69) is 10.2 Å². The molecule has 2 aromatic rings. The Kier molecular flexibility index (Phi) is 4.71. The minimum absolute atomic E-state index is 0.266. The summed E-state index contributed by atoms with van der Waals surface area (Å²) >= 11 is 0. The molecule has 0 spiro atoms. The third kappa shape index (κ3) is 3.46. The first-order valence-electron chi connectivity index (χ1n) is 7.60. The fourth-order valence-electron chi connectivity index (χ4n) is 2.63. The molecular weight excluding hydrogens is 276 g/mol. The molecule has 0 aromatic heterocycles. The van der Waals surface area contributed by atoms with Gasteiger partial charge in [-0.15, -0.1) is 0 Å². The molecule has 1 heterocycles. The smallest absolute Gasteiger partial charge is 0.340 e. The molecule has 3 rings (SSSR count). The normalized spacial score (nSPS) is 14.6. The molecule has 2 aromatic carbocycles. The van der Waals surface area contributed by atoms with Gasteiger partial charge >= 0.3 is 5.97 Å². The maximum atomic E-state index is 12.4. The summed E-state index contributed by atoms with van der Waals surface area (Å²) in [6.07, 6.45) is 0. The van der Waals surface area contributed by atoms with Gasteiger partial charge in [-0.3, -0.25) is 0 Å². The maximum absolute atomic E-state index is 12.4. The molecule has 4 heteroatoms. The molecule has 22 heavy (non-hydrogen) atoms. The second-order valence-corrected chi connectivity index (χ2v) is 5.32. The van der Waals surface area contributed by atoms with Gasteiger partial charge in [0.15, 0.2) is 0 Å². The van der Waals surface area contributed by atoms with Crippen molar-refractivity contribution in [2.75, 3.05) is 31.1 Å². The van der Waals surface area contributed by atoms with Gasteiger partial charge in [0.1, 0.15) is 6.61 Å². The number of carbonyl (C=O) groups excluding carboxylic acids is 1. The zero-order valence-corrected chi connectivity index (χ0v) is 12.5. The quantitative estimate of drug-likeness (QED) is 0.880. The topological polar surface area (TPSA) is 41.6 Å². The van der Waals surface area contributed by atoms with Crippen molar-refractivity contribution in [2.45, 2.75) is 6.61 Å². The molecule has 0 radical (unpaired) electrons. The van der Waals surface area contributed by atoms with Crippen LogP contribution < -0.4 is 10.2 Å². The average Bonchev–Trinajstić information content (AvgIpc) is 2.61. The molecule has 0 aliphatic carbocycles. The summed E-state index contributed by atoms with van der Waals surface area (Å²) in [5, 5.41) is 3.32. The van der Waals surface area contributed by atoms with E-state index in [0.29, 0.717) is 12.2 Å². The maximum Gasteiger partial charge on any atom is 0.340 e. The number of anilines is 1. The second kappa shape index (κ2) is 7.09. The third-order valence-electron chi connectivity index (χ3n) is 3.79. The summed E-state index contributed by atoms with van der Waals surface area (Å²) in [4.78, 5) is 14.6. The van der Waals surface area contributed by atoms with Crippen molar-refractivity contribution in [3.8, 4) is 0 Å². The summed E-state index contributed by atoms with van der Waals surface area (Å²) in [7, 11) is 0. The highest BCUT2D eigenvalue weighted by atomic mass is 16.5. The van der Waals surface area contributed by atoms with Crippen LogP contribution in [0.25, 0.3) is 0 Å². The Morgan fingerprint density at radius 1 is 1.00 bits per heavy atom. The molecule has 1 aliphatic heterocycles. The summed E-state index contributed by atoms with van der Waals surface area (Å²) in [5.74, 6) is -0.266. The third-order valence-corrected chi connectivity index (χ3v) is 3.79. The Labute approximate surface area is 130 Å². The molecule has 114 valence electrons. The number of hydrogen-bond acceptors (Lipinski definition) is 4. The molecule has 0 saturated carbocycles. The van der Waals surface area contributed by atoms with E-state index in [4.69, 9.17) is 4.74 Å². The summed E-state index contributed by atoms with van der Waals surface area (Å²) in [6.45, 7) is 3.99. The number of carbonyl (C=O) groups is 1. The number of esters is 1. The zero-order valence-electron chi connectivity index (χ0n) is 12.5. The number of piperazine rings is 1. The van der Waals surface area contributed by atoms with Crippen molar-refractivity contribution in [1.82, 2.24) is 5.32 Å². The number of ether oxygens (including phenoxy) is 1. The lowest BCUT2D eigenvalue weighted by Crippen LogP contribution is -2.44. The van der Waals surface area contributed by atoms with Gasteiger partial charge in [-0.05, 0) is 17.7 Å². The van der Waals surface area contributed by atoms with Crippen LogP contribution in [-0.4, -0.2) is 32.1 Å². The lowest BCUT2D eigenvalue weighted by Gasteiger charge is -2.30. The molecular formula is C18H20N2O2. The molecule has 1 N–H and O–H groups in total. The number of para-hydroxylation sites is 1. The van der Waals surface area contributed by atoms with E-state index < -0.39 is 0 Å². The first-order chi connectivity index (χ1) is 10.8. The summed E-state index contributed by atoms with van der Waals surface area (Å²) < 4.78 is 5.46. The molecule has 4 nitrogen and oxygen atoms in total. The van der Waals surface area contributed by atoms with Gasteiger partial charge in [-0.2, -0.15) is 0 Å². The van der Waals surface area contributed by atoms with E-state index in [1.807, 2.05) is 54.6 Å². The van der Waals surface area contributed by atoms with Crippen LogP contribution in [0, 0.1) is 0 Å². The second-order valence-electron chi connectivity index (χ2n) is 5.32. The standard InChI is InChI=1S/C18H20N2O2/c21-18(22-14-15-6-2-1-3-7-15)16-8-4-5-9-17(16)20-12-10-19-11-13-20/h1-9,19H,10-14H2. The molecule has 1 fully saturated rings. The number of rotatable bonds is 4. The van der Waals surface area contributed by atoms with E-state index in [1.165, 1.54) is 0 Å². The fraction of sp³-hybridized carbons (Fsp3) is 0.278. The summed E-state index contributed by atoms with van der Waals surface area (Å²) in [6, 6.07) is 17.4. The van der Waals surface area contributed by atoms with Crippen LogP contribution in [0.5, 0.6) is 0 Å². The average molecular weight is 296 g/mol. The van der Waals surface area contributed by atoms with E-state index in [0.717, 1.165) is 37.4 Å². The van der Waals surface area contributed by atoms with Crippen molar-refractivity contribution in [3.63, 3.8) is 0 Å². The van der Waals surface area contributed by atoms with Crippen molar-refractivity contribution in [3.05, 3.63) is 65.7 Å². The van der Waals surface area contributed by atoms with E-state index in [-0.39, 0.29) is 5.97 Å². The SMILES string of the molecule is O=C(OCc1ccccc1)c1ccccc1N1CCNCC1. The van der Waals surface area contributed by atoms with Gasteiger partial charge in [-0.25, -0.2) is 4.79 Å². The van der Waals surface area contributed by atoms with Crippen molar-refractivity contribution in [2.24, 2.45) is 0 Å². The Bertz CT molecular complexity index is 622. The molecule has 0 bridgehead atoms. The predicted octanol–water partition coefficient (Wildman–Crippen LogP) is 2.45. The van der Waals surface area contributed by atoms with E-state index in [9.17, 15) is 4.79 Å². The van der Waals surface area contributed by atoms with Crippen molar-refractivity contribution in [1.29, 1.82) is 0 Å². The van der Waals surface area contributed by atoms with Crippen LogP contribution in [0.4, 0.5) is 5.69 Å². The summed E-state index contributed by atoms with van der Waals surface area (Å²) in [5.41, 5.74) is 2.60. The van der Waals surface area contributed by atoms with Crippen LogP contribution >= 0.6 is 0 Å². The Hall–Kier alpha value is -2.33. The zero-order chi connectivity index (χ0) is 15.2. The molecule has 1 aliphatic rings. The van der Waals surface area contributed by atoms with Gasteiger partial charge < -0.3 is 15.0 Å². The molecule has 1 saturated heterocycles. The van der Waals surface area contributed by atoms with E-state index >= 15 is 0 Å². The first-order valence-corrected chi connectivity index (χ1v) is 7.60. The highest BCUT2D eigenvalue weighted by Crippen LogP contribution is 2.22. The Morgan fingerprint density at radius 2 is 1.68 bits per heavy atom. The van der Waals surface area contributed by atoms with Gasteiger partial charge in [0.2, 0.25) is 0 Å². The molecule has 0 atom stereocenters. The van der Waals surface area contributed by atoms with Crippen LogP contribution in [0.15, 0.2) is 54.6 Å². The van der Waals surface area contributed by atoms with Gasteiger partial charge in [0.25, 0.3) is 0 Å². The highest BCUT2D eigenvalue weighted by molar-refractivity contribution is 5.95. The lowest BCUT2D eigenvalue weighted by molar-refractivity contribution is 0.0473. The van der Waals surface area contributed by atoms with E-state index in [1.54, 1.807) is 0 Å². The predicted molar refractivity (Wildman–Crippen MR) is 87.1 cm³/mol.